The van der Waals surface area contributed by atoms with Crippen molar-refractivity contribution in [3.05, 3.63) is 29.8 Å². The van der Waals surface area contributed by atoms with E-state index in [0.717, 1.165) is 5.56 Å². The van der Waals surface area contributed by atoms with E-state index in [1.165, 1.54) is 24.6 Å². The van der Waals surface area contributed by atoms with E-state index in [1.807, 2.05) is 0 Å². The molecule has 1 N–H and O–H groups in total. The Kier molecular flexibility index (Phi) is 3.35. The maximum absolute atomic E-state index is 11.9. The zero-order chi connectivity index (χ0) is 10.6. The minimum atomic E-state index is -4.39. The molecule has 1 aromatic rings. The number of nitrogens with one attached hydrogen (secondary N) is 1. The maximum atomic E-state index is 11.9. The molecule has 0 atom stereocenters. The second-order valence-electron chi connectivity index (χ2n) is 2.75. The van der Waals surface area contributed by atoms with Crippen LogP contribution in [0.15, 0.2) is 24.3 Å². The number of ether oxygens (including phenoxy) is 1. The standard InChI is InChI=1S/C9H10F3NO/c1-14-6-7-2-4-8(5-3-7)13-9(10,11)12/h2-5,13H,6H2,1H3. The summed E-state index contributed by atoms with van der Waals surface area (Å²) in [5.74, 6) is 0. The monoisotopic (exact) mass is 205 g/mol. The lowest BCUT2D eigenvalue weighted by atomic mass is 10.2. The molecule has 0 aliphatic carbocycles. The van der Waals surface area contributed by atoms with Crippen molar-refractivity contribution in [3.63, 3.8) is 0 Å². The molecule has 14 heavy (non-hydrogen) atoms. The third kappa shape index (κ3) is 3.66. The Labute approximate surface area is 79.7 Å². The van der Waals surface area contributed by atoms with E-state index < -0.39 is 6.30 Å². The van der Waals surface area contributed by atoms with E-state index in [9.17, 15) is 13.2 Å². The molecule has 0 radical (unpaired) electrons. The van der Waals surface area contributed by atoms with E-state index in [2.05, 4.69) is 0 Å². The Balaban J connectivity index is 2.64. The summed E-state index contributed by atoms with van der Waals surface area (Å²) in [5.41, 5.74) is 0.859. The second-order valence-corrected chi connectivity index (χ2v) is 2.75. The Hall–Kier alpha value is -1.23. The number of methoxy groups -OCH3 is 1. The highest BCUT2D eigenvalue weighted by molar-refractivity contribution is 5.45. The summed E-state index contributed by atoms with van der Waals surface area (Å²) in [6.45, 7) is 0.395. The highest BCUT2D eigenvalue weighted by Gasteiger charge is 2.26. The van der Waals surface area contributed by atoms with Crippen LogP contribution in [0.5, 0.6) is 0 Å². The number of rotatable bonds is 3. The van der Waals surface area contributed by atoms with Gasteiger partial charge in [-0.05, 0) is 17.7 Å². The van der Waals surface area contributed by atoms with Gasteiger partial charge < -0.3 is 4.74 Å². The lowest BCUT2D eigenvalue weighted by Gasteiger charge is -2.09. The van der Waals surface area contributed by atoms with E-state index >= 15 is 0 Å². The van der Waals surface area contributed by atoms with E-state index in [4.69, 9.17) is 4.74 Å². The predicted octanol–water partition coefficient (Wildman–Crippen LogP) is 2.76. The van der Waals surface area contributed by atoms with Gasteiger partial charge in [-0.15, -0.1) is 0 Å². The molecule has 0 aliphatic rings. The van der Waals surface area contributed by atoms with Gasteiger partial charge in [-0.25, -0.2) is 0 Å². The fourth-order valence-corrected chi connectivity index (χ4v) is 1.01. The van der Waals surface area contributed by atoms with E-state index in [-0.39, 0.29) is 5.69 Å². The number of anilines is 1. The van der Waals surface area contributed by atoms with Crippen molar-refractivity contribution < 1.29 is 17.9 Å². The first-order chi connectivity index (χ1) is 6.51. The van der Waals surface area contributed by atoms with Gasteiger partial charge in [-0.2, -0.15) is 13.2 Å². The van der Waals surface area contributed by atoms with Crippen LogP contribution in [0.25, 0.3) is 0 Å². The molecule has 0 saturated heterocycles. The summed E-state index contributed by atoms with van der Waals surface area (Å²) in [5, 5.41) is 1.41. The lowest BCUT2D eigenvalue weighted by Crippen LogP contribution is -2.20. The molecule has 0 unspecified atom stereocenters. The minimum absolute atomic E-state index is 0.0253. The summed E-state index contributed by atoms with van der Waals surface area (Å²) in [7, 11) is 1.53. The summed E-state index contributed by atoms with van der Waals surface area (Å²) in [4.78, 5) is 0. The molecule has 0 amide bonds. The van der Waals surface area contributed by atoms with Crippen molar-refractivity contribution in [1.29, 1.82) is 0 Å². The van der Waals surface area contributed by atoms with Crippen LogP contribution in [0.1, 0.15) is 5.56 Å². The normalized spacial score (nSPS) is 11.4. The van der Waals surface area contributed by atoms with Gasteiger partial charge >= 0.3 is 6.30 Å². The minimum Gasteiger partial charge on any atom is -0.380 e. The number of halogens is 3. The van der Waals surface area contributed by atoms with Crippen LogP contribution in [0.4, 0.5) is 18.9 Å². The summed E-state index contributed by atoms with van der Waals surface area (Å²) >= 11 is 0. The van der Waals surface area contributed by atoms with Gasteiger partial charge in [0, 0.05) is 12.8 Å². The van der Waals surface area contributed by atoms with Crippen molar-refractivity contribution in [2.45, 2.75) is 12.9 Å². The molecule has 0 heterocycles. The molecule has 1 aromatic carbocycles. The third-order valence-electron chi connectivity index (χ3n) is 1.55. The van der Waals surface area contributed by atoms with E-state index in [0.29, 0.717) is 6.61 Å². The number of hydrogen-bond acceptors (Lipinski definition) is 2. The second kappa shape index (κ2) is 4.32. The Morgan fingerprint density at radius 2 is 1.79 bits per heavy atom. The number of alkyl halides is 3. The van der Waals surface area contributed by atoms with Gasteiger partial charge in [0.1, 0.15) is 0 Å². The quantitative estimate of drug-likeness (QED) is 0.766. The molecule has 0 bridgehead atoms. The number of benzene rings is 1. The van der Waals surface area contributed by atoms with Crippen molar-refractivity contribution in [2.24, 2.45) is 0 Å². The molecule has 78 valence electrons. The zero-order valence-electron chi connectivity index (χ0n) is 7.56. The van der Waals surface area contributed by atoms with Gasteiger partial charge in [-0.3, -0.25) is 5.32 Å². The van der Waals surface area contributed by atoms with Crippen LogP contribution in [0.3, 0.4) is 0 Å². The highest BCUT2D eigenvalue weighted by atomic mass is 19.4. The molecular weight excluding hydrogens is 195 g/mol. The van der Waals surface area contributed by atoms with Crippen LogP contribution < -0.4 is 5.32 Å². The fourth-order valence-electron chi connectivity index (χ4n) is 1.01. The average Bonchev–Trinajstić information content (AvgIpc) is 2.06. The van der Waals surface area contributed by atoms with Crippen LogP contribution in [0.2, 0.25) is 0 Å². The first kappa shape index (κ1) is 10.8. The molecule has 0 fully saturated rings. The third-order valence-corrected chi connectivity index (χ3v) is 1.55. The van der Waals surface area contributed by atoms with Gasteiger partial charge in [-0.1, -0.05) is 12.1 Å². The Morgan fingerprint density at radius 3 is 2.21 bits per heavy atom. The lowest BCUT2D eigenvalue weighted by molar-refractivity contribution is -0.0999. The Morgan fingerprint density at radius 1 is 1.21 bits per heavy atom. The summed E-state index contributed by atoms with van der Waals surface area (Å²) < 4.78 is 40.4. The van der Waals surface area contributed by atoms with Crippen LogP contribution in [-0.2, 0) is 11.3 Å². The van der Waals surface area contributed by atoms with E-state index in [1.54, 1.807) is 12.1 Å². The summed E-state index contributed by atoms with van der Waals surface area (Å²) in [6, 6.07) is 5.89. The average molecular weight is 205 g/mol. The van der Waals surface area contributed by atoms with Crippen LogP contribution in [0, 0.1) is 0 Å². The van der Waals surface area contributed by atoms with Crippen LogP contribution in [-0.4, -0.2) is 13.4 Å². The molecule has 0 aliphatic heterocycles. The van der Waals surface area contributed by atoms with Crippen LogP contribution >= 0.6 is 0 Å². The van der Waals surface area contributed by atoms with Gasteiger partial charge in [0.15, 0.2) is 0 Å². The molecule has 5 heteroatoms. The molecule has 1 rings (SSSR count). The van der Waals surface area contributed by atoms with Gasteiger partial charge in [0.25, 0.3) is 0 Å². The van der Waals surface area contributed by atoms with Gasteiger partial charge in [0.2, 0.25) is 0 Å². The fraction of sp³-hybridized carbons (Fsp3) is 0.333. The summed E-state index contributed by atoms with van der Waals surface area (Å²) in [6.07, 6.45) is -4.39. The molecular formula is C9H10F3NO. The number of hydrogen-bond donors (Lipinski definition) is 1. The zero-order valence-corrected chi connectivity index (χ0v) is 7.56. The first-order valence-electron chi connectivity index (χ1n) is 3.94. The SMILES string of the molecule is COCc1ccc(NC(F)(F)F)cc1. The van der Waals surface area contributed by atoms with Gasteiger partial charge in [0.05, 0.1) is 6.61 Å². The molecule has 0 spiro atoms. The van der Waals surface area contributed by atoms with Crippen molar-refractivity contribution in [3.8, 4) is 0 Å². The first-order valence-corrected chi connectivity index (χ1v) is 3.94. The molecule has 0 saturated carbocycles. The maximum Gasteiger partial charge on any atom is 0.482 e. The smallest absolute Gasteiger partial charge is 0.380 e. The highest BCUT2D eigenvalue weighted by Crippen LogP contribution is 2.19. The van der Waals surface area contributed by atoms with Crippen molar-refractivity contribution >= 4 is 5.69 Å². The van der Waals surface area contributed by atoms with Crippen molar-refractivity contribution in [1.82, 2.24) is 0 Å². The topological polar surface area (TPSA) is 21.3 Å². The van der Waals surface area contributed by atoms with Crippen molar-refractivity contribution in [2.75, 3.05) is 12.4 Å². The predicted molar refractivity (Wildman–Crippen MR) is 46.8 cm³/mol. The largest absolute Gasteiger partial charge is 0.482 e. The molecule has 2 nitrogen and oxygen atoms in total. The Bertz CT molecular complexity index is 281. The molecule has 0 aromatic heterocycles.